The molecule has 4 aliphatic carbocycles. The van der Waals surface area contributed by atoms with E-state index in [1.807, 2.05) is 6.92 Å². The van der Waals surface area contributed by atoms with Crippen molar-refractivity contribution in [2.45, 2.75) is 77.0 Å². The third-order valence-corrected chi connectivity index (χ3v) is 8.79. The molecule has 0 amide bonds. The number of halogens is 1. The summed E-state index contributed by atoms with van der Waals surface area (Å²) in [6, 6.07) is 0. The van der Waals surface area contributed by atoms with Crippen LogP contribution in [-0.4, -0.2) is 34.4 Å². The highest BCUT2D eigenvalue weighted by atomic mass is 19.1. The summed E-state index contributed by atoms with van der Waals surface area (Å²) in [7, 11) is 0. The lowest BCUT2D eigenvalue weighted by Crippen LogP contribution is -2.54. The summed E-state index contributed by atoms with van der Waals surface area (Å²) in [5, 5.41) is 19.8. The second kappa shape index (κ2) is 6.02. The maximum atomic E-state index is 15.1. The van der Waals surface area contributed by atoms with E-state index in [4.69, 9.17) is 0 Å². The van der Waals surface area contributed by atoms with Crippen LogP contribution in [0.5, 0.6) is 0 Å². The number of ketones is 1. The van der Waals surface area contributed by atoms with Gasteiger partial charge in [0, 0.05) is 5.92 Å². The molecule has 25 heavy (non-hydrogen) atoms. The molecule has 0 unspecified atom stereocenters. The van der Waals surface area contributed by atoms with Crippen molar-refractivity contribution in [3.63, 3.8) is 0 Å². The van der Waals surface area contributed by atoms with Crippen LogP contribution in [0.2, 0.25) is 0 Å². The van der Waals surface area contributed by atoms with Gasteiger partial charge < -0.3 is 10.2 Å². The minimum Gasteiger partial charge on any atom is -0.390 e. The van der Waals surface area contributed by atoms with Crippen LogP contribution in [0.1, 0.15) is 65.2 Å². The van der Waals surface area contributed by atoms with Gasteiger partial charge in [0.1, 0.15) is 12.8 Å². The fourth-order valence-corrected chi connectivity index (χ4v) is 7.64. The number of aliphatic hydroxyl groups is 2. The first-order valence-electron chi connectivity index (χ1n) is 10.3. The number of Topliss-reactive ketones (excluding diaryl/α,β-unsaturated/α-hetero) is 1. The van der Waals surface area contributed by atoms with E-state index in [1.165, 1.54) is 0 Å². The summed E-state index contributed by atoms with van der Waals surface area (Å²) < 4.78 is 15.1. The molecular formula is C21H33FO3. The Morgan fingerprint density at radius 1 is 1.04 bits per heavy atom. The number of hydrogen-bond acceptors (Lipinski definition) is 3. The molecule has 0 radical (unpaired) electrons. The first kappa shape index (κ1) is 17.9. The molecular weight excluding hydrogens is 319 g/mol. The van der Waals surface area contributed by atoms with Gasteiger partial charge in [-0.1, -0.05) is 6.92 Å². The third-order valence-electron chi connectivity index (χ3n) is 8.79. The number of carbonyl (C=O) groups is 1. The van der Waals surface area contributed by atoms with Crippen LogP contribution in [0.15, 0.2) is 0 Å². The van der Waals surface area contributed by atoms with Crippen LogP contribution < -0.4 is 0 Å². The molecule has 4 rings (SSSR count). The molecule has 4 fully saturated rings. The molecule has 0 bridgehead atoms. The van der Waals surface area contributed by atoms with Crippen LogP contribution in [0.4, 0.5) is 4.39 Å². The van der Waals surface area contributed by atoms with E-state index in [9.17, 15) is 15.0 Å². The second-order valence-electron chi connectivity index (χ2n) is 10.1. The predicted molar refractivity (Wildman–Crippen MR) is 93.6 cm³/mol. The van der Waals surface area contributed by atoms with E-state index >= 15 is 4.39 Å². The Hall–Kier alpha value is -0.480. The molecule has 3 nitrogen and oxygen atoms in total. The average Bonchev–Trinajstić information content (AvgIpc) is 2.91. The fraction of sp³-hybridized carbons (Fsp3) is 0.952. The highest BCUT2D eigenvalue weighted by Crippen LogP contribution is 2.65. The minimum absolute atomic E-state index is 0.0114. The molecule has 4 saturated carbocycles. The average molecular weight is 352 g/mol. The highest BCUT2D eigenvalue weighted by molar-refractivity contribution is 5.83. The number of hydrogen-bond donors (Lipinski definition) is 2. The molecule has 4 aliphatic rings. The topological polar surface area (TPSA) is 57.5 Å². The zero-order valence-electron chi connectivity index (χ0n) is 15.6. The number of rotatable bonds is 2. The quantitative estimate of drug-likeness (QED) is 0.799. The maximum absolute atomic E-state index is 15.1. The molecule has 0 spiro atoms. The lowest BCUT2D eigenvalue weighted by molar-refractivity contribution is -0.140. The van der Waals surface area contributed by atoms with Gasteiger partial charge in [-0.05, 0) is 93.3 Å². The van der Waals surface area contributed by atoms with Gasteiger partial charge in [-0.2, -0.15) is 0 Å². The lowest BCUT2D eigenvalue weighted by Gasteiger charge is -2.57. The van der Waals surface area contributed by atoms with Gasteiger partial charge in [0.2, 0.25) is 0 Å². The SMILES string of the molecule is C[C@]1(O)CC[C@@H]2[C@H]3CC[C@]4(C)[C@@H](C(=O)CO)CC[C@H]4[C@@H]3C[C@@H](F)[C@@H]2C1. The molecule has 0 aliphatic heterocycles. The first-order valence-corrected chi connectivity index (χ1v) is 10.3. The molecule has 0 aromatic carbocycles. The van der Waals surface area contributed by atoms with E-state index in [2.05, 4.69) is 6.92 Å². The summed E-state index contributed by atoms with van der Waals surface area (Å²) in [4.78, 5) is 12.2. The number of carbonyl (C=O) groups excluding carboxylic acids is 1. The van der Waals surface area contributed by atoms with E-state index in [0.717, 1.165) is 38.5 Å². The minimum atomic E-state index is -0.812. The predicted octanol–water partition coefficient (Wildman–Crippen LogP) is 3.52. The summed E-state index contributed by atoms with van der Waals surface area (Å²) in [5.74, 6) is 1.75. The summed E-state index contributed by atoms with van der Waals surface area (Å²) >= 11 is 0. The van der Waals surface area contributed by atoms with Crippen molar-refractivity contribution in [1.29, 1.82) is 0 Å². The van der Waals surface area contributed by atoms with Gasteiger partial charge in [-0.25, -0.2) is 4.39 Å². The molecule has 142 valence electrons. The highest BCUT2D eigenvalue weighted by Gasteiger charge is 2.60. The van der Waals surface area contributed by atoms with Crippen LogP contribution in [0, 0.1) is 40.9 Å². The second-order valence-corrected chi connectivity index (χ2v) is 10.1. The van der Waals surface area contributed by atoms with Crippen molar-refractivity contribution in [2.24, 2.45) is 40.9 Å². The molecule has 0 saturated heterocycles. The summed E-state index contributed by atoms with van der Waals surface area (Å²) in [5.41, 5.74) is -0.749. The van der Waals surface area contributed by atoms with Crippen molar-refractivity contribution in [2.75, 3.05) is 6.61 Å². The van der Waals surface area contributed by atoms with Crippen LogP contribution in [-0.2, 0) is 4.79 Å². The van der Waals surface area contributed by atoms with Gasteiger partial charge in [0.25, 0.3) is 0 Å². The number of fused-ring (bicyclic) bond motifs is 5. The van der Waals surface area contributed by atoms with Crippen molar-refractivity contribution < 1.29 is 19.4 Å². The van der Waals surface area contributed by atoms with Crippen LogP contribution in [0.3, 0.4) is 0 Å². The molecule has 4 heteroatoms. The monoisotopic (exact) mass is 352 g/mol. The van der Waals surface area contributed by atoms with Gasteiger partial charge >= 0.3 is 0 Å². The van der Waals surface area contributed by atoms with Crippen molar-refractivity contribution >= 4 is 5.78 Å². The van der Waals surface area contributed by atoms with Crippen LogP contribution >= 0.6 is 0 Å². The first-order chi connectivity index (χ1) is 11.8. The molecule has 2 N–H and O–H groups in total. The fourth-order valence-electron chi connectivity index (χ4n) is 7.64. The number of alkyl halides is 1. The molecule has 0 heterocycles. The lowest BCUT2D eigenvalue weighted by atomic mass is 9.48. The third kappa shape index (κ3) is 2.70. The van der Waals surface area contributed by atoms with E-state index in [-0.39, 0.29) is 29.6 Å². The van der Waals surface area contributed by atoms with Gasteiger partial charge in [-0.15, -0.1) is 0 Å². The molecule has 0 aromatic heterocycles. The van der Waals surface area contributed by atoms with Crippen LogP contribution in [0.25, 0.3) is 0 Å². The van der Waals surface area contributed by atoms with Crippen molar-refractivity contribution in [3.05, 3.63) is 0 Å². The normalized spacial score (nSPS) is 55.2. The zero-order chi connectivity index (χ0) is 18.0. The summed E-state index contributed by atoms with van der Waals surface area (Å²) in [6.45, 7) is 3.73. The van der Waals surface area contributed by atoms with E-state index in [0.29, 0.717) is 36.5 Å². The van der Waals surface area contributed by atoms with Gasteiger partial charge in [0.05, 0.1) is 5.60 Å². The van der Waals surface area contributed by atoms with Crippen molar-refractivity contribution in [1.82, 2.24) is 0 Å². The van der Waals surface area contributed by atoms with Gasteiger partial charge in [0.15, 0.2) is 5.78 Å². The smallest absolute Gasteiger partial charge is 0.161 e. The Morgan fingerprint density at radius 2 is 1.72 bits per heavy atom. The Balaban J connectivity index is 1.58. The van der Waals surface area contributed by atoms with Gasteiger partial charge in [-0.3, -0.25) is 4.79 Å². The van der Waals surface area contributed by atoms with E-state index in [1.54, 1.807) is 0 Å². The Labute approximate surface area is 150 Å². The largest absolute Gasteiger partial charge is 0.390 e. The zero-order valence-corrected chi connectivity index (χ0v) is 15.6. The number of aliphatic hydroxyl groups excluding tert-OH is 1. The standard InChI is InChI=1S/C21H33FO3/c1-20(25)7-5-13-12-6-8-21(2)16(3-4-17(21)19(24)11-23)14(12)9-18(22)15(13)10-20/h12-18,23,25H,3-11H2,1-2H3/t12-,13-,14-,15-,16+,17-,18-,20+,21+/m1/s1. The molecule has 0 aromatic rings. The maximum Gasteiger partial charge on any atom is 0.161 e. The Kier molecular flexibility index (Phi) is 4.31. The summed E-state index contributed by atoms with van der Waals surface area (Å²) in [6.07, 6.45) is 6.14. The molecule has 9 atom stereocenters. The Bertz CT molecular complexity index is 547. The van der Waals surface area contributed by atoms with Crippen molar-refractivity contribution in [3.8, 4) is 0 Å². The van der Waals surface area contributed by atoms with E-state index < -0.39 is 11.8 Å². The Morgan fingerprint density at radius 3 is 2.44 bits per heavy atom.